The maximum Gasteiger partial charge on any atom is 0.340 e. The summed E-state index contributed by atoms with van der Waals surface area (Å²) in [6.45, 7) is 12.9. The van der Waals surface area contributed by atoms with E-state index >= 15 is 0 Å². The van der Waals surface area contributed by atoms with Gasteiger partial charge in [-0.05, 0) is 39.4 Å². The molecule has 0 spiro atoms. The van der Waals surface area contributed by atoms with Gasteiger partial charge in [-0.15, -0.1) is 0 Å². The second-order valence-electron chi connectivity index (χ2n) is 5.72. The van der Waals surface area contributed by atoms with Crippen molar-refractivity contribution in [3.05, 3.63) is 22.5 Å². The van der Waals surface area contributed by atoms with Gasteiger partial charge in [0.25, 0.3) is 0 Å². The summed E-state index contributed by atoms with van der Waals surface area (Å²) in [5.74, 6) is 1.51. The van der Waals surface area contributed by atoms with Gasteiger partial charge in [0.1, 0.15) is 0 Å². The van der Waals surface area contributed by atoms with Crippen molar-refractivity contribution in [1.82, 2.24) is 4.57 Å². The quantitative estimate of drug-likeness (QED) is 0.538. The lowest BCUT2D eigenvalue weighted by atomic mass is 10.1. The van der Waals surface area contributed by atoms with Crippen LogP contribution in [-0.4, -0.2) is 34.4 Å². The molecule has 0 aliphatic rings. The molecule has 4 nitrogen and oxygen atoms in total. The Labute approximate surface area is 137 Å². The fourth-order valence-electron chi connectivity index (χ4n) is 2.61. The summed E-state index contributed by atoms with van der Waals surface area (Å²) in [5, 5.41) is 0. The molecule has 124 valence electrons. The van der Waals surface area contributed by atoms with E-state index in [2.05, 4.69) is 13.8 Å². The molecule has 0 aliphatic carbocycles. The molecular formula is C17H27NO3S. The largest absolute Gasteiger partial charge is 0.462 e. The van der Waals surface area contributed by atoms with Gasteiger partial charge in [0, 0.05) is 17.9 Å². The second-order valence-corrected chi connectivity index (χ2v) is 6.75. The lowest BCUT2D eigenvalue weighted by molar-refractivity contribution is 0.0522. The number of carbonyl (C=O) groups excluding carboxylic acids is 2. The first-order valence-electron chi connectivity index (χ1n) is 7.82. The fraction of sp³-hybridized carbons (Fsp3) is 0.647. The zero-order valence-corrected chi connectivity index (χ0v) is 15.3. The number of rotatable bonds is 8. The molecule has 0 unspecified atom stereocenters. The summed E-state index contributed by atoms with van der Waals surface area (Å²) in [5.41, 5.74) is 2.65. The minimum Gasteiger partial charge on any atom is -0.462 e. The highest BCUT2D eigenvalue weighted by Crippen LogP contribution is 2.25. The molecule has 0 aliphatic heterocycles. The van der Waals surface area contributed by atoms with E-state index < -0.39 is 5.97 Å². The minimum absolute atomic E-state index is 0.0153. The monoisotopic (exact) mass is 325 g/mol. The van der Waals surface area contributed by atoms with Gasteiger partial charge in [-0.2, -0.15) is 11.8 Å². The number of esters is 1. The van der Waals surface area contributed by atoms with E-state index in [1.807, 2.05) is 25.3 Å². The molecule has 5 heteroatoms. The van der Waals surface area contributed by atoms with Crippen LogP contribution in [0.15, 0.2) is 0 Å². The molecule has 1 heterocycles. The summed E-state index contributed by atoms with van der Waals surface area (Å²) in [4.78, 5) is 24.9. The fourth-order valence-corrected chi connectivity index (χ4v) is 3.53. The van der Waals surface area contributed by atoms with E-state index in [1.54, 1.807) is 18.7 Å². The highest BCUT2D eigenvalue weighted by atomic mass is 32.2. The summed E-state index contributed by atoms with van der Waals surface area (Å²) < 4.78 is 7.15. The minimum atomic E-state index is -0.396. The first kappa shape index (κ1) is 18.8. The van der Waals surface area contributed by atoms with Crippen molar-refractivity contribution in [3.8, 4) is 0 Å². The SMILES string of the molecule is CCOC(=O)c1c(C(=O)CSCC(C)C)c(C)n(CC)c1C. The van der Waals surface area contributed by atoms with Crippen LogP contribution in [0.25, 0.3) is 0 Å². The third kappa shape index (κ3) is 4.15. The van der Waals surface area contributed by atoms with Crippen molar-refractivity contribution < 1.29 is 14.3 Å². The number of carbonyl (C=O) groups is 2. The average molecular weight is 325 g/mol. The van der Waals surface area contributed by atoms with Crippen LogP contribution in [0.5, 0.6) is 0 Å². The van der Waals surface area contributed by atoms with Gasteiger partial charge in [-0.25, -0.2) is 4.79 Å². The Hall–Kier alpha value is -1.23. The van der Waals surface area contributed by atoms with Crippen molar-refractivity contribution in [2.45, 2.75) is 48.1 Å². The zero-order valence-electron chi connectivity index (χ0n) is 14.5. The molecule has 0 saturated carbocycles. The van der Waals surface area contributed by atoms with Crippen LogP contribution in [0.3, 0.4) is 0 Å². The van der Waals surface area contributed by atoms with Crippen molar-refractivity contribution in [2.24, 2.45) is 5.92 Å². The van der Waals surface area contributed by atoms with Gasteiger partial charge in [0.2, 0.25) is 0 Å². The zero-order chi connectivity index (χ0) is 16.9. The van der Waals surface area contributed by atoms with Crippen LogP contribution < -0.4 is 0 Å². The number of hydrogen-bond acceptors (Lipinski definition) is 4. The Balaban J connectivity index is 3.15. The Bertz CT molecular complexity index is 547. The maximum absolute atomic E-state index is 12.6. The van der Waals surface area contributed by atoms with Gasteiger partial charge in [-0.1, -0.05) is 13.8 Å². The highest BCUT2D eigenvalue weighted by molar-refractivity contribution is 7.99. The molecule has 0 aromatic carbocycles. The Morgan fingerprint density at radius 3 is 2.23 bits per heavy atom. The van der Waals surface area contributed by atoms with E-state index in [1.165, 1.54) is 0 Å². The lowest BCUT2D eigenvalue weighted by Crippen LogP contribution is -2.13. The molecule has 0 fully saturated rings. The molecule has 22 heavy (non-hydrogen) atoms. The number of Topliss-reactive ketones (excluding diaryl/α,β-unsaturated/α-hetero) is 1. The van der Waals surface area contributed by atoms with Crippen molar-refractivity contribution in [2.75, 3.05) is 18.1 Å². The lowest BCUT2D eigenvalue weighted by Gasteiger charge is -2.07. The third-order valence-electron chi connectivity index (χ3n) is 3.54. The topological polar surface area (TPSA) is 48.3 Å². The summed E-state index contributed by atoms with van der Waals surface area (Å²) >= 11 is 1.62. The molecule has 0 amide bonds. The van der Waals surface area contributed by atoms with Crippen LogP contribution in [-0.2, 0) is 11.3 Å². The van der Waals surface area contributed by atoms with E-state index in [-0.39, 0.29) is 5.78 Å². The molecule has 0 saturated heterocycles. The number of ether oxygens (including phenoxy) is 1. The number of thioether (sulfide) groups is 1. The average Bonchev–Trinajstić information content (AvgIpc) is 2.69. The molecule has 0 N–H and O–H groups in total. The summed E-state index contributed by atoms with van der Waals surface area (Å²) in [6.07, 6.45) is 0. The Kier molecular flexibility index (Phi) is 7.20. The van der Waals surface area contributed by atoms with Crippen molar-refractivity contribution in [1.29, 1.82) is 0 Å². The van der Waals surface area contributed by atoms with E-state index in [0.717, 1.165) is 23.7 Å². The normalized spacial score (nSPS) is 11.0. The molecule has 1 aromatic rings. The number of nitrogens with zero attached hydrogens (tertiary/aromatic N) is 1. The van der Waals surface area contributed by atoms with Crippen LogP contribution in [0.1, 0.15) is 59.8 Å². The summed E-state index contributed by atoms with van der Waals surface area (Å²) in [7, 11) is 0. The highest BCUT2D eigenvalue weighted by Gasteiger charge is 2.27. The van der Waals surface area contributed by atoms with Crippen LogP contribution >= 0.6 is 11.8 Å². The van der Waals surface area contributed by atoms with E-state index in [0.29, 0.717) is 29.4 Å². The van der Waals surface area contributed by atoms with Gasteiger partial charge in [-0.3, -0.25) is 4.79 Å². The maximum atomic E-state index is 12.6. The molecular weight excluding hydrogens is 298 g/mol. The number of hydrogen-bond donors (Lipinski definition) is 0. The molecule has 1 rings (SSSR count). The molecule has 0 atom stereocenters. The molecule has 1 aromatic heterocycles. The predicted octanol–water partition coefficient (Wildman–Crippen LogP) is 3.87. The number of aromatic nitrogens is 1. The third-order valence-corrected chi connectivity index (χ3v) is 4.91. The number of ketones is 1. The van der Waals surface area contributed by atoms with Gasteiger partial charge in [0.15, 0.2) is 5.78 Å². The molecule has 0 bridgehead atoms. The smallest absolute Gasteiger partial charge is 0.340 e. The molecule has 0 radical (unpaired) electrons. The Morgan fingerprint density at radius 1 is 1.14 bits per heavy atom. The summed E-state index contributed by atoms with van der Waals surface area (Å²) in [6, 6.07) is 0. The van der Waals surface area contributed by atoms with E-state index in [9.17, 15) is 9.59 Å². The first-order valence-corrected chi connectivity index (χ1v) is 8.98. The Morgan fingerprint density at radius 2 is 1.73 bits per heavy atom. The van der Waals surface area contributed by atoms with Crippen LogP contribution in [0.2, 0.25) is 0 Å². The van der Waals surface area contributed by atoms with Gasteiger partial charge in [0.05, 0.1) is 23.5 Å². The van der Waals surface area contributed by atoms with Crippen molar-refractivity contribution in [3.63, 3.8) is 0 Å². The standard InChI is InChI=1S/C17H27NO3S/c1-7-18-12(5)15(14(19)10-22-9-11(3)4)16(13(18)6)17(20)21-8-2/h11H,7-10H2,1-6H3. The van der Waals surface area contributed by atoms with Crippen molar-refractivity contribution >= 4 is 23.5 Å². The predicted molar refractivity (Wildman–Crippen MR) is 92.0 cm³/mol. The van der Waals surface area contributed by atoms with Gasteiger partial charge >= 0.3 is 5.97 Å². The first-order chi connectivity index (χ1) is 10.3. The van der Waals surface area contributed by atoms with E-state index in [4.69, 9.17) is 4.74 Å². The second kappa shape index (κ2) is 8.42. The van der Waals surface area contributed by atoms with Gasteiger partial charge < -0.3 is 9.30 Å². The van der Waals surface area contributed by atoms with Crippen LogP contribution in [0.4, 0.5) is 0 Å². The van der Waals surface area contributed by atoms with Crippen LogP contribution in [0, 0.1) is 19.8 Å².